The molecule has 0 bridgehead atoms. The quantitative estimate of drug-likeness (QED) is 0.503. The van der Waals surface area contributed by atoms with Crippen molar-refractivity contribution in [2.45, 2.75) is 84.1 Å². The van der Waals surface area contributed by atoms with Crippen LogP contribution in [0.25, 0.3) is 0 Å². The Balaban J connectivity index is 3.20. The van der Waals surface area contributed by atoms with Crippen LogP contribution in [0.4, 0.5) is 0 Å². The molecule has 0 aromatic carbocycles. The highest BCUT2D eigenvalue weighted by molar-refractivity contribution is 4.77. The Kier molecular flexibility index (Phi) is 10.1. The third kappa shape index (κ3) is 10.5. The molecule has 0 atom stereocenters. The van der Waals surface area contributed by atoms with E-state index in [9.17, 15) is 0 Å². The molecule has 97 valence electrons. The minimum atomic E-state index is 0.282. The Bertz CT molecular complexity index is 140. The molecule has 0 rings (SSSR count). The van der Waals surface area contributed by atoms with Crippen molar-refractivity contribution < 1.29 is 0 Å². The molecule has 0 saturated carbocycles. The maximum absolute atomic E-state index is 3.85. The molecule has 0 aliphatic heterocycles. The van der Waals surface area contributed by atoms with Crippen molar-refractivity contribution in [2.24, 2.45) is 0 Å². The van der Waals surface area contributed by atoms with Crippen molar-refractivity contribution in [2.75, 3.05) is 6.54 Å². The van der Waals surface area contributed by atoms with Gasteiger partial charge in [0, 0.05) is 5.54 Å². The summed E-state index contributed by atoms with van der Waals surface area (Å²) in [6, 6.07) is 0. The summed E-state index contributed by atoms with van der Waals surface area (Å²) in [6.45, 7) is 11.5. The van der Waals surface area contributed by atoms with Gasteiger partial charge in [0.2, 0.25) is 0 Å². The van der Waals surface area contributed by atoms with Crippen LogP contribution in [0.3, 0.4) is 0 Å². The highest BCUT2D eigenvalue weighted by atomic mass is 14.9. The average molecular weight is 226 g/mol. The van der Waals surface area contributed by atoms with E-state index in [4.69, 9.17) is 0 Å². The van der Waals surface area contributed by atoms with E-state index in [0.717, 1.165) is 6.54 Å². The van der Waals surface area contributed by atoms with Gasteiger partial charge >= 0.3 is 0 Å². The first kappa shape index (κ1) is 16.0. The predicted molar refractivity (Wildman–Crippen MR) is 74.7 cm³/mol. The van der Waals surface area contributed by atoms with Gasteiger partial charge in [0.1, 0.15) is 0 Å². The van der Waals surface area contributed by atoms with Crippen LogP contribution in [0.5, 0.6) is 0 Å². The van der Waals surface area contributed by atoms with Crippen LogP contribution in [0, 0.1) is 6.92 Å². The molecule has 1 radical (unpaired) electrons. The Morgan fingerprint density at radius 1 is 0.875 bits per heavy atom. The fourth-order valence-electron chi connectivity index (χ4n) is 2.13. The number of unbranched alkanes of at least 4 members (excludes halogenated alkanes) is 7. The van der Waals surface area contributed by atoms with E-state index < -0.39 is 0 Å². The Morgan fingerprint density at radius 3 is 1.88 bits per heavy atom. The van der Waals surface area contributed by atoms with E-state index >= 15 is 0 Å². The third-order valence-electron chi connectivity index (χ3n) is 3.26. The molecule has 0 aliphatic rings. The van der Waals surface area contributed by atoms with Gasteiger partial charge in [0.15, 0.2) is 0 Å². The zero-order valence-electron chi connectivity index (χ0n) is 11.8. The normalized spacial score (nSPS) is 12.0. The molecular weight excluding hydrogens is 194 g/mol. The van der Waals surface area contributed by atoms with Crippen LogP contribution >= 0.6 is 0 Å². The van der Waals surface area contributed by atoms with Crippen molar-refractivity contribution in [1.82, 2.24) is 5.32 Å². The van der Waals surface area contributed by atoms with E-state index in [0.29, 0.717) is 0 Å². The van der Waals surface area contributed by atoms with Crippen molar-refractivity contribution >= 4 is 0 Å². The van der Waals surface area contributed by atoms with Gasteiger partial charge in [0.25, 0.3) is 0 Å². The van der Waals surface area contributed by atoms with Gasteiger partial charge in [-0.15, -0.1) is 0 Å². The molecule has 1 nitrogen and oxygen atoms in total. The van der Waals surface area contributed by atoms with E-state index in [1.165, 1.54) is 57.8 Å². The van der Waals surface area contributed by atoms with Gasteiger partial charge in [-0.3, -0.25) is 0 Å². The highest BCUT2D eigenvalue weighted by Crippen LogP contribution is 2.15. The van der Waals surface area contributed by atoms with Crippen LogP contribution in [-0.4, -0.2) is 12.1 Å². The van der Waals surface area contributed by atoms with Crippen molar-refractivity contribution in [3.05, 3.63) is 6.92 Å². The molecular formula is C15H32N. The van der Waals surface area contributed by atoms with Crippen LogP contribution in [0.2, 0.25) is 0 Å². The van der Waals surface area contributed by atoms with Gasteiger partial charge in [-0.1, -0.05) is 58.3 Å². The van der Waals surface area contributed by atoms with E-state index in [-0.39, 0.29) is 5.54 Å². The first-order valence-electron chi connectivity index (χ1n) is 7.16. The van der Waals surface area contributed by atoms with Gasteiger partial charge in [-0.25, -0.2) is 0 Å². The lowest BCUT2D eigenvalue weighted by atomic mass is 9.96. The predicted octanol–water partition coefficient (Wildman–Crippen LogP) is 4.72. The summed E-state index contributed by atoms with van der Waals surface area (Å²) in [5, 5.41) is 3.43. The molecule has 0 aromatic rings. The molecule has 0 aromatic heterocycles. The van der Waals surface area contributed by atoms with Gasteiger partial charge in [-0.05, 0) is 33.7 Å². The maximum atomic E-state index is 3.85. The molecule has 0 amide bonds. The Morgan fingerprint density at radius 2 is 1.38 bits per heavy atom. The lowest BCUT2D eigenvalue weighted by molar-refractivity contribution is 0.360. The summed E-state index contributed by atoms with van der Waals surface area (Å²) < 4.78 is 0. The Labute approximate surface area is 103 Å². The average Bonchev–Trinajstić information content (AvgIpc) is 2.22. The number of rotatable bonds is 11. The summed E-state index contributed by atoms with van der Waals surface area (Å²) in [6.07, 6.45) is 12.5. The first-order chi connectivity index (χ1) is 7.62. The van der Waals surface area contributed by atoms with Gasteiger partial charge < -0.3 is 5.32 Å². The summed E-state index contributed by atoms with van der Waals surface area (Å²) in [4.78, 5) is 0. The van der Waals surface area contributed by atoms with E-state index in [1.807, 2.05) is 0 Å². The van der Waals surface area contributed by atoms with Crippen LogP contribution in [0.1, 0.15) is 78.6 Å². The minimum absolute atomic E-state index is 0.282. The van der Waals surface area contributed by atoms with Crippen molar-refractivity contribution in [1.29, 1.82) is 0 Å². The molecule has 0 saturated heterocycles. The second-order valence-electron chi connectivity index (χ2n) is 5.54. The molecule has 16 heavy (non-hydrogen) atoms. The smallest absolute Gasteiger partial charge is 0.0125 e. The first-order valence-corrected chi connectivity index (χ1v) is 7.16. The molecule has 0 spiro atoms. The topological polar surface area (TPSA) is 12.0 Å². The van der Waals surface area contributed by atoms with Crippen molar-refractivity contribution in [3.63, 3.8) is 0 Å². The maximum Gasteiger partial charge on any atom is 0.0125 e. The molecule has 0 unspecified atom stereocenters. The molecule has 1 heteroatoms. The van der Waals surface area contributed by atoms with E-state index in [2.05, 4.69) is 33.0 Å². The summed E-state index contributed by atoms with van der Waals surface area (Å²) in [5.74, 6) is 0. The second-order valence-corrected chi connectivity index (χ2v) is 5.54. The standard InChI is InChI=1S/C15H32N/c1-5-7-8-9-10-11-12-13-14-15(3,4)16-6-2/h16H,2,5-14H2,1,3-4H3. The largest absolute Gasteiger partial charge is 0.312 e. The Hall–Kier alpha value is -0.0400. The lowest BCUT2D eigenvalue weighted by Gasteiger charge is -2.25. The van der Waals surface area contributed by atoms with E-state index in [1.54, 1.807) is 0 Å². The van der Waals surface area contributed by atoms with Crippen LogP contribution < -0.4 is 5.32 Å². The summed E-state index contributed by atoms with van der Waals surface area (Å²) in [5.41, 5.74) is 0.282. The second kappa shape index (κ2) is 10.1. The zero-order valence-corrected chi connectivity index (χ0v) is 11.8. The monoisotopic (exact) mass is 226 g/mol. The number of hydrogen-bond acceptors (Lipinski definition) is 1. The number of hydrogen-bond donors (Lipinski definition) is 1. The zero-order chi connectivity index (χ0) is 12.3. The number of nitrogens with one attached hydrogen (secondary N) is 1. The minimum Gasteiger partial charge on any atom is -0.312 e. The fourth-order valence-corrected chi connectivity index (χ4v) is 2.13. The van der Waals surface area contributed by atoms with Gasteiger partial charge in [-0.2, -0.15) is 0 Å². The summed E-state index contributed by atoms with van der Waals surface area (Å²) in [7, 11) is 0. The summed E-state index contributed by atoms with van der Waals surface area (Å²) >= 11 is 0. The highest BCUT2D eigenvalue weighted by Gasteiger charge is 2.14. The lowest BCUT2D eigenvalue weighted by Crippen LogP contribution is -2.38. The van der Waals surface area contributed by atoms with Crippen molar-refractivity contribution in [3.8, 4) is 0 Å². The molecule has 0 aliphatic carbocycles. The van der Waals surface area contributed by atoms with Crippen LogP contribution in [-0.2, 0) is 0 Å². The van der Waals surface area contributed by atoms with Gasteiger partial charge in [0.05, 0.1) is 0 Å². The van der Waals surface area contributed by atoms with Crippen LogP contribution in [0.15, 0.2) is 0 Å². The SMILES string of the molecule is [CH2]CNC(C)(C)CCCCCCCCCC. The molecule has 0 heterocycles. The molecule has 1 N–H and O–H groups in total. The molecule has 0 fully saturated rings. The fraction of sp³-hybridized carbons (Fsp3) is 0.933. The third-order valence-corrected chi connectivity index (χ3v) is 3.26.